The first kappa shape index (κ1) is 14.0. The molecule has 0 unspecified atom stereocenters. The summed E-state index contributed by atoms with van der Waals surface area (Å²) in [6.45, 7) is 1.56. The maximum atomic E-state index is 10.7. The van der Waals surface area contributed by atoms with Gasteiger partial charge in [0.15, 0.2) is 5.12 Å². The van der Waals surface area contributed by atoms with Crippen LogP contribution in [-0.2, 0) is 4.79 Å². The molecule has 2 nitrogen and oxygen atoms in total. The Bertz CT molecular complexity index is 460. The Labute approximate surface area is 111 Å². The normalized spacial score (nSPS) is 9.35. The van der Waals surface area contributed by atoms with Gasteiger partial charge in [0.1, 0.15) is 5.75 Å². The van der Waals surface area contributed by atoms with E-state index >= 15 is 0 Å². The molecule has 0 bridgehead atoms. The summed E-state index contributed by atoms with van der Waals surface area (Å²) in [6, 6.07) is 5.41. The molecule has 0 radical (unpaired) electrons. The predicted octanol–water partition coefficient (Wildman–Crippen LogP) is 3.37. The van der Waals surface area contributed by atoms with Gasteiger partial charge in [-0.05, 0) is 18.2 Å². The standard InChI is InChI=1S/C13H13ClO2S/c1-10(15)17-8-4-3-5-11-6-7-13(16-2)12(14)9-11/h6-7,9H,4,8H2,1-2H3. The van der Waals surface area contributed by atoms with Crippen LogP contribution in [0, 0.1) is 11.8 Å². The number of rotatable bonds is 3. The fourth-order valence-electron chi connectivity index (χ4n) is 1.15. The molecule has 90 valence electrons. The number of thioether (sulfide) groups is 1. The third-order valence-electron chi connectivity index (χ3n) is 1.92. The number of hydrogen-bond acceptors (Lipinski definition) is 3. The molecule has 0 saturated carbocycles. The zero-order valence-corrected chi connectivity index (χ0v) is 11.3. The highest BCUT2D eigenvalue weighted by molar-refractivity contribution is 8.13. The van der Waals surface area contributed by atoms with E-state index < -0.39 is 0 Å². The van der Waals surface area contributed by atoms with Gasteiger partial charge in [-0.3, -0.25) is 4.79 Å². The summed E-state index contributed by atoms with van der Waals surface area (Å²) in [7, 11) is 1.57. The number of hydrogen-bond donors (Lipinski definition) is 0. The van der Waals surface area contributed by atoms with Crippen molar-refractivity contribution in [1.29, 1.82) is 0 Å². The van der Waals surface area contributed by atoms with Gasteiger partial charge in [0.2, 0.25) is 0 Å². The van der Waals surface area contributed by atoms with E-state index in [1.54, 1.807) is 26.2 Å². The Hall–Kier alpha value is -1.11. The maximum absolute atomic E-state index is 10.7. The van der Waals surface area contributed by atoms with Gasteiger partial charge in [-0.15, -0.1) is 0 Å². The number of carbonyl (C=O) groups is 1. The van der Waals surface area contributed by atoms with Crippen molar-refractivity contribution in [3.8, 4) is 17.6 Å². The van der Waals surface area contributed by atoms with Crippen LogP contribution in [0.15, 0.2) is 18.2 Å². The number of halogens is 1. The third kappa shape index (κ3) is 5.16. The second-order valence-electron chi connectivity index (χ2n) is 3.24. The van der Waals surface area contributed by atoms with E-state index in [-0.39, 0.29) is 5.12 Å². The number of ether oxygens (including phenoxy) is 1. The summed E-state index contributed by atoms with van der Waals surface area (Å²) in [5.41, 5.74) is 0.851. The Morgan fingerprint density at radius 3 is 2.88 bits per heavy atom. The van der Waals surface area contributed by atoms with Crippen LogP contribution in [0.25, 0.3) is 0 Å². The molecule has 0 N–H and O–H groups in total. The lowest BCUT2D eigenvalue weighted by atomic mass is 10.2. The molecule has 1 aromatic carbocycles. The monoisotopic (exact) mass is 268 g/mol. The Morgan fingerprint density at radius 2 is 2.29 bits per heavy atom. The van der Waals surface area contributed by atoms with Crippen molar-refractivity contribution < 1.29 is 9.53 Å². The molecule has 0 aromatic heterocycles. The third-order valence-corrected chi connectivity index (χ3v) is 3.03. The second-order valence-corrected chi connectivity index (χ2v) is 4.92. The number of carbonyl (C=O) groups excluding carboxylic acids is 1. The lowest BCUT2D eigenvalue weighted by Gasteiger charge is -2.01. The SMILES string of the molecule is COc1ccc(C#CCCSC(C)=O)cc1Cl. The summed E-state index contributed by atoms with van der Waals surface area (Å²) in [5, 5.41) is 0.678. The van der Waals surface area contributed by atoms with Crippen molar-refractivity contribution in [2.24, 2.45) is 0 Å². The minimum Gasteiger partial charge on any atom is -0.495 e. The lowest BCUT2D eigenvalue weighted by molar-refractivity contribution is -0.109. The predicted molar refractivity (Wildman–Crippen MR) is 72.6 cm³/mol. The summed E-state index contributed by atoms with van der Waals surface area (Å²) in [5.74, 6) is 7.37. The van der Waals surface area contributed by atoms with Crippen molar-refractivity contribution in [3.63, 3.8) is 0 Å². The van der Waals surface area contributed by atoms with E-state index in [1.807, 2.05) is 6.07 Å². The minimum absolute atomic E-state index is 0.124. The van der Waals surface area contributed by atoms with E-state index in [2.05, 4.69) is 11.8 Å². The van der Waals surface area contributed by atoms with E-state index in [1.165, 1.54) is 11.8 Å². The van der Waals surface area contributed by atoms with Gasteiger partial charge in [0.25, 0.3) is 0 Å². The molecule has 0 spiro atoms. The first-order valence-corrected chi connectivity index (χ1v) is 6.45. The largest absolute Gasteiger partial charge is 0.495 e. The molecule has 4 heteroatoms. The molecule has 0 fully saturated rings. The van der Waals surface area contributed by atoms with Crippen LogP contribution in [0.1, 0.15) is 18.9 Å². The van der Waals surface area contributed by atoms with Crippen LogP contribution < -0.4 is 4.74 Å². The van der Waals surface area contributed by atoms with Gasteiger partial charge in [-0.25, -0.2) is 0 Å². The van der Waals surface area contributed by atoms with Gasteiger partial charge >= 0.3 is 0 Å². The molecule has 0 aliphatic rings. The fourth-order valence-corrected chi connectivity index (χ4v) is 1.90. The quantitative estimate of drug-likeness (QED) is 0.621. The lowest BCUT2D eigenvalue weighted by Crippen LogP contribution is -1.85. The van der Waals surface area contributed by atoms with Crippen LogP contribution in [0.4, 0.5) is 0 Å². The van der Waals surface area contributed by atoms with Crippen LogP contribution in [-0.4, -0.2) is 18.0 Å². The van der Waals surface area contributed by atoms with Crippen molar-refractivity contribution in [3.05, 3.63) is 28.8 Å². The molecule has 0 amide bonds. The molecule has 1 rings (SSSR count). The first-order chi connectivity index (χ1) is 8.13. The zero-order chi connectivity index (χ0) is 12.7. The molecular formula is C13H13ClO2S. The molecule has 0 saturated heterocycles. The van der Waals surface area contributed by atoms with Crippen LogP contribution in [0.3, 0.4) is 0 Å². The summed E-state index contributed by atoms with van der Waals surface area (Å²) >= 11 is 7.26. The first-order valence-electron chi connectivity index (χ1n) is 5.09. The number of methoxy groups -OCH3 is 1. The smallest absolute Gasteiger partial charge is 0.185 e. The van der Waals surface area contributed by atoms with Crippen molar-refractivity contribution in [2.45, 2.75) is 13.3 Å². The summed E-state index contributed by atoms with van der Waals surface area (Å²) in [4.78, 5) is 10.7. The highest BCUT2D eigenvalue weighted by Crippen LogP contribution is 2.24. The Balaban J connectivity index is 2.54. The Kier molecular flexibility index (Phi) is 5.96. The Morgan fingerprint density at radius 1 is 1.53 bits per heavy atom. The number of benzene rings is 1. The van der Waals surface area contributed by atoms with E-state index in [0.717, 1.165) is 11.3 Å². The molecule has 17 heavy (non-hydrogen) atoms. The van der Waals surface area contributed by atoms with Gasteiger partial charge in [0, 0.05) is 24.7 Å². The van der Waals surface area contributed by atoms with Crippen molar-refractivity contribution >= 4 is 28.5 Å². The zero-order valence-electron chi connectivity index (χ0n) is 9.75. The fraction of sp³-hybridized carbons (Fsp3) is 0.308. The average Bonchev–Trinajstić information content (AvgIpc) is 2.28. The van der Waals surface area contributed by atoms with Crippen LogP contribution in [0.5, 0.6) is 5.75 Å². The molecular weight excluding hydrogens is 256 g/mol. The molecule has 0 aliphatic carbocycles. The highest BCUT2D eigenvalue weighted by atomic mass is 35.5. The average molecular weight is 269 g/mol. The van der Waals surface area contributed by atoms with E-state index in [0.29, 0.717) is 17.2 Å². The van der Waals surface area contributed by atoms with Gasteiger partial charge < -0.3 is 4.74 Å². The molecule has 1 aromatic rings. The summed E-state index contributed by atoms with van der Waals surface area (Å²) < 4.78 is 5.05. The second kappa shape index (κ2) is 7.26. The van der Waals surface area contributed by atoms with Gasteiger partial charge in [-0.2, -0.15) is 0 Å². The van der Waals surface area contributed by atoms with Crippen molar-refractivity contribution in [1.82, 2.24) is 0 Å². The topological polar surface area (TPSA) is 26.3 Å². The van der Waals surface area contributed by atoms with Crippen LogP contribution >= 0.6 is 23.4 Å². The minimum atomic E-state index is 0.124. The molecule has 0 atom stereocenters. The van der Waals surface area contributed by atoms with Crippen molar-refractivity contribution in [2.75, 3.05) is 12.9 Å². The van der Waals surface area contributed by atoms with Gasteiger partial charge in [0.05, 0.1) is 12.1 Å². The molecule has 0 heterocycles. The molecule has 0 aliphatic heterocycles. The van der Waals surface area contributed by atoms with E-state index in [9.17, 15) is 4.79 Å². The highest BCUT2D eigenvalue weighted by Gasteiger charge is 1.99. The van der Waals surface area contributed by atoms with E-state index in [4.69, 9.17) is 16.3 Å². The van der Waals surface area contributed by atoms with Gasteiger partial charge in [-0.1, -0.05) is 35.2 Å². The summed E-state index contributed by atoms with van der Waals surface area (Å²) in [6.07, 6.45) is 0.688. The maximum Gasteiger partial charge on any atom is 0.185 e. The van der Waals surface area contributed by atoms with Crippen LogP contribution in [0.2, 0.25) is 5.02 Å².